The summed E-state index contributed by atoms with van der Waals surface area (Å²) in [6, 6.07) is 13.4. The number of hydrogen-bond donors (Lipinski definition) is 4. The third kappa shape index (κ3) is 3.27. The Labute approximate surface area is 139 Å². The molecule has 1 aromatic heterocycles. The zero-order chi connectivity index (χ0) is 17.1. The molecule has 2 aromatic carbocycles. The SMILES string of the molecule is OCc1ccccc1B(O)Oc1nccc2cc(B(O)O)ccc12. The number of benzene rings is 2. The molecule has 0 amide bonds. The molecule has 0 aliphatic heterocycles. The maximum absolute atomic E-state index is 10.3. The van der Waals surface area contributed by atoms with Crippen LogP contribution >= 0.6 is 0 Å². The van der Waals surface area contributed by atoms with Gasteiger partial charge in [-0.2, -0.15) is 0 Å². The van der Waals surface area contributed by atoms with Crippen LogP contribution in [0.3, 0.4) is 0 Å². The van der Waals surface area contributed by atoms with Crippen LogP contribution in [0.4, 0.5) is 0 Å². The van der Waals surface area contributed by atoms with Crippen LogP contribution in [0, 0.1) is 0 Å². The second kappa shape index (κ2) is 7.02. The minimum absolute atomic E-state index is 0.211. The summed E-state index contributed by atoms with van der Waals surface area (Å²) >= 11 is 0. The molecule has 4 N–H and O–H groups in total. The van der Waals surface area contributed by atoms with Gasteiger partial charge in [0.15, 0.2) is 0 Å². The summed E-state index contributed by atoms with van der Waals surface area (Å²) in [5.41, 5.74) is 1.38. The standard InChI is InChI=1S/C16H15B2NO5/c20-10-12-3-1-2-4-15(12)18(23)24-16-14-6-5-13(17(21)22)9-11(14)7-8-19-16/h1-9,20-23H,10H2. The molecule has 0 aliphatic rings. The van der Waals surface area contributed by atoms with Gasteiger partial charge < -0.3 is 24.8 Å². The Balaban J connectivity index is 1.95. The van der Waals surface area contributed by atoms with E-state index in [1.54, 1.807) is 48.5 Å². The van der Waals surface area contributed by atoms with Crippen molar-refractivity contribution in [1.82, 2.24) is 4.98 Å². The second-order valence-electron chi connectivity index (χ2n) is 5.30. The first-order chi connectivity index (χ1) is 11.6. The number of aliphatic hydroxyl groups is 1. The molecular formula is C16H15B2NO5. The summed E-state index contributed by atoms with van der Waals surface area (Å²) in [7, 11) is -2.84. The molecule has 8 heteroatoms. The van der Waals surface area contributed by atoms with Gasteiger partial charge in [0.05, 0.1) is 6.61 Å². The summed E-state index contributed by atoms with van der Waals surface area (Å²) in [5.74, 6) is 0.215. The fraction of sp³-hybridized carbons (Fsp3) is 0.0625. The van der Waals surface area contributed by atoms with E-state index in [0.29, 0.717) is 27.3 Å². The molecule has 0 bridgehead atoms. The van der Waals surface area contributed by atoms with Gasteiger partial charge in [0.2, 0.25) is 5.88 Å². The van der Waals surface area contributed by atoms with E-state index in [0.717, 1.165) is 0 Å². The number of aliphatic hydroxyl groups excluding tert-OH is 1. The minimum Gasteiger partial charge on any atom is -0.518 e. The summed E-state index contributed by atoms with van der Waals surface area (Å²) in [5, 5.41) is 39.5. The van der Waals surface area contributed by atoms with Crippen LogP contribution in [0.25, 0.3) is 10.8 Å². The van der Waals surface area contributed by atoms with Crippen molar-refractivity contribution in [1.29, 1.82) is 0 Å². The number of nitrogens with zero attached hydrogens (tertiary/aromatic N) is 1. The first-order valence-corrected chi connectivity index (χ1v) is 7.38. The average Bonchev–Trinajstić information content (AvgIpc) is 2.61. The van der Waals surface area contributed by atoms with Crippen LogP contribution in [0.1, 0.15) is 5.56 Å². The average molecular weight is 323 g/mol. The van der Waals surface area contributed by atoms with Gasteiger partial charge in [-0.05, 0) is 28.5 Å². The van der Waals surface area contributed by atoms with Gasteiger partial charge in [0, 0.05) is 17.0 Å². The summed E-state index contributed by atoms with van der Waals surface area (Å²) in [4.78, 5) is 4.13. The van der Waals surface area contributed by atoms with E-state index in [1.807, 2.05) is 0 Å². The lowest BCUT2D eigenvalue weighted by molar-refractivity contribution is 0.282. The van der Waals surface area contributed by atoms with E-state index in [4.69, 9.17) is 4.65 Å². The van der Waals surface area contributed by atoms with Gasteiger partial charge in [-0.1, -0.05) is 36.4 Å². The molecule has 0 unspecified atom stereocenters. The van der Waals surface area contributed by atoms with Crippen molar-refractivity contribution < 1.29 is 24.8 Å². The Morgan fingerprint density at radius 2 is 1.79 bits per heavy atom. The highest BCUT2D eigenvalue weighted by atomic mass is 16.5. The van der Waals surface area contributed by atoms with Crippen LogP contribution in [0.15, 0.2) is 54.7 Å². The maximum atomic E-state index is 10.3. The lowest BCUT2D eigenvalue weighted by Crippen LogP contribution is -2.39. The van der Waals surface area contributed by atoms with Gasteiger partial charge in [-0.25, -0.2) is 4.98 Å². The maximum Gasteiger partial charge on any atom is 0.561 e. The molecule has 0 aliphatic carbocycles. The molecular weight excluding hydrogens is 308 g/mol. The summed E-state index contributed by atoms with van der Waals surface area (Å²) < 4.78 is 5.56. The Bertz CT molecular complexity index is 859. The molecule has 6 nitrogen and oxygen atoms in total. The fourth-order valence-electron chi connectivity index (χ4n) is 2.51. The van der Waals surface area contributed by atoms with Crippen molar-refractivity contribution in [2.24, 2.45) is 0 Å². The van der Waals surface area contributed by atoms with Crippen molar-refractivity contribution in [2.45, 2.75) is 6.61 Å². The Hall–Kier alpha value is -2.38. The molecule has 0 spiro atoms. The molecule has 0 fully saturated rings. The summed E-state index contributed by atoms with van der Waals surface area (Å²) in [6.45, 7) is -0.211. The third-order valence-electron chi connectivity index (χ3n) is 3.76. The van der Waals surface area contributed by atoms with E-state index in [1.165, 1.54) is 6.20 Å². The number of pyridine rings is 1. The van der Waals surface area contributed by atoms with Gasteiger partial charge in [0.25, 0.3) is 0 Å². The van der Waals surface area contributed by atoms with Crippen LogP contribution < -0.4 is 15.6 Å². The van der Waals surface area contributed by atoms with Crippen LogP contribution in [0.2, 0.25) is 0 Å². The molecule has 0 radical (unpaired) electrons. The molecule has 3 rings (SSSR count). The van der Waals surface area contributed by atoms with E-state index in [-0.39, 0.29) is 12.5 Å². The smallest absolute Gasteiger partial charge is 0.518 e. The molecule has 0 atom stereocenters. The lowest BCUT2D eigenvalue weighted by Gasteiger charge is -2.14. The predicted molar refractivity (Wildman–Crippen MR) is 92.2 cm³/mol. The van der Waals surface area contributed by atoms with Gasteiger partial charge in [-0.3, -0.25) is 0 Å². The zero-order valence-corrected chi connectivity index (χ0v) is 12.7. The van der Waals surface area contributed by atoms with E-state index < -0.39 is 14.2 Å². The number of fused-ring (bicyclic) bond motifs is 1. The highest BCUT2D eigenvalue weighted by Gasteiger charge is 2.23. The first kappa shape index (κ1) is 16.5. The highest BCUT2D eigenvalue weighted by molar-refractivity contribution is 6.61. The monoisotopic (exact) mass is 323 g/mol. The molecule has 3 aromatic rings. The Kier molecular flexibility index (Phi) is 4.82. The van der Waals surface area contributed by atoms with Crippen molar-refractivity contribution in [3.05, 3.63) is 60.3 Å². The van der Waals surface area contributed by atoms with Crippen molar-refractivity contribution in [2.75, 3.05) is 0 Å². The Morgan fingerprint density at radius 1 is 1.00 bits per heavy atom. The normalized spacial score (nSPS) is 10.7. The minimum atomic E-state index is -1.56. The van der Waals surface area contributed by atoms with E-state index in [2.05, 4.69) is 4.98 Å². The third-order valence-corrected chi connectivity index (χ3v) is 3.76. The fourth-order valence-corrected chi connectivity index (χ4v) is 2.51. The zero-order valence-electron chi connectivity index (χ0n) is 12.7. The lowest BCUT2D eigenvalue weighted by atomic mass is 9.76. The van der Waals surface area contributed by atoms with Crippen molar-refractivity contribution in [3.8, 4) is 5.88 Å². The van der Waals surface area contributed by atoms with Gasteiger partial charge in [0.1, 0.15) is 0 Å². The van der Waals surface area contributed by atoms with Crippen LogP contribution in [-0.2, 0) is 6.61 Å². The van der Waals surface area contributed by atoms with Crippen LogP contribution in [0.5, 0.6) is 5.88 Å². The number of rotatable bonds is 5. The molecule has 0 saturated carbocycles. The second-order valence-corrected chi connectivity index (χ2v) is 5.30. The number of hydrogen-bond acceptors (Lipinski definition) is 6. The highest BCUT2D eigenvalue weighted by Crippen LogP contribution is 2.22. The quantitative estimate of drug-likeness (QED) is 0.457. The van der Waals surface area contributed by atoms with Gasteiger partial charge >= 0.3 is 14.2 Å². The van der Waals surface area contributed by atoms with Crippen molar-refractivity contribution >= 4 is 35.9 Å². The molecule has 120 valence electrons. The molecule has 0 saturated heterocycles. The van der Waals surface area contributed by atoms with Crippen LogP contribution in [-0.4, -0.2) is 39.4 Å². The predicted octanol–water partition coefficient (Wildman–Crippen LogP) is -0.827. The van der Waals surface area contributed by atoms with E-state index in [9.17, 15) is 20.2 Å². The van der Waals surface area contributed by atoms with Crippen molar-refractivity contribution in [3.63, 3.8) is 0 Å². The van der Waals surface area contributed by atoms with Gasteiger partial charge in [-0.15, -0.1) is 0 Å². The number of aromatic nitrogens is 1. The first-order valence-electron chi connectivity index (χ1n) is 7.38. The molecule has 24 heavy (non-hydrogen) atoms. The largest absolute Gasteiger partial charge is 0.561 e. The molecule has 1 heterocycles. The Morgan fingerprint density at radius 3 is 2.54 bits per heavy atom. The topological polar surface area (TPSA) is 103 Å². The van der Waals surface area contributed by atoms with E-state index >= 15 is 0 Å². The summed E-state index contributed by atoms with van der Waals surface area (Å²) in [6.07, 6.45) is 1.51.